The van der Waals surface area contributed by atoms with E-state index in [0.29, 0.717) is 11.6 Å². The van der Waals surface area contributed by atoms with Gasteiger partial charge in [-0.25, -0.2) is 14.8 Å². The summed E-state index contributed by atoms with van der Waals surface area (Å²) in [5.74, 6) is 0.563. The molecule has 0 unspecified atom stereocenters. The number of aromatic amines is 1. The minimum atomic E-state index is -0.337. The summed E-state index contributed by atoms with van der Waals surface area (Å²) in [6.45, 7) is 13.3. The van der Waals surface area contributed by atoms with Crippen molar-refractivity contribution in [1.82, 2.24) is 19.9 Å². The standard InChI is InChI=1S/C28H33N5O2S/c1-5-35-27(34)26-29-21(18-36-26)17-32-13-15-33(16-14-32)23-8-6-7-22-24(23)31-25(30-22)19-9-11-20(12-10-19)28(2,3)4/h6-12,18H,5,13-17H2,1-4H3,(H,30,31). The van der Waals surface area contributed by atoms with Crippen LogP contribution in [0.2, 0.25) is 0 Å². The van der Waals surface area contributed by atoms with Crippen LogP contribution in [0, 0.1) is 0 Å². The summed E-state index contributed by atoms with van der Waals surface area (Å²) in [6.07, 6.45) is 0. The van der Waals surface area contributed by atoms with E-state index in [9.17, 15) is 4.79 Å². The summed E-state index contributed by atoms with van der Waals surface area (Å²) < 4.78 is 5.06. The number of benzene rings is 2. The van der Waals surface area contributed by atoms with Crippen LogP contribution in [-0.4, -0.2) is 58.6 Å². The molecule has 5 rings (SSSR count). The number of rotatable bonds is 6. The Balaban J connectivity index is 1.27. The predicted molar refractivity (Wildman–Crippen MR) is 146 cm³/mol. The van der Waals surface area contributed by atoms with Crippen molar-refractivity contribution >= 4 is 34.0 Å². The molecule has 1 N–H and O–H groups in total. The number of aromatic nitrogens is 3. The third kappa shape index (κ3) is 5.15. The second kappa shape index (κ2) is 10.0. The van der Waals surface area contributed by atoms with Crippen molar-refractivity contribution in [2.24, 2.45) is 0 Å². The number of anilines is 1. The van der Waals surface area contributed by atoms with Crippen LogP contribution >= 0.6 is 11.3 Å². The van der Waals surface area contributed by atoms with Crippen LogP contribution in [0.1, 0.15) is 48.8 Å². The van der Waals surface area contributed by atoms with Crippen molar-refractivity contribution in [2.75, 3.05) is 37.7 Å². The second-order valence-electron chi connectivity index (χ2n) is 10.2. The smallest absolute Gasteiger partial charge is 0.367 e. The number of fused-ring (bicyclic) bond motifs is 1. The van der Waals surface area contributed by atoms with Crippen molar-refractivity contribution in [3.63, 3.8) is 0 Å². The zero-order valence-electron chi connectivity index (χ0n) is 21.4. The lowest BCUT2D eigenvalue weighted by Gasteiger charge is -2.35. The fraction of sp³-hybridized carbons (Fsp3) is 0.393. The molecule has 0 saturated carbocycles. The average Bonchev–Trinajstić information content (AvgIpc) is 3.51. The molecule has 0 radical (unpaired) electrons. The Morgan fingerprint density at radius 2 is 1.81 bits per heavy atom. The molecule has 188 valence electrons. The molecule has 0 amide bonds. The van der Waals surface area contributed by atoms with Gasteiger partial charge in [0, 0.05) is 43.7 Å². The van der Waals surface area contributed by atoms with E-state index in [-0.39, 0.29) is 11.4 Å². The van der Waals surface area contributed by atoms with E-state index >= 15 is 0 Å². The molecule has 2 aromatic heterocycles. The van der Waals surface area contributed by atoms with Crippen LogP contribution in [0.15, 0.2) is 47.8 Å². The van der Waals surface area contributed by atoms with Gasteiger partial charge < -0.3 is 14.6 Å². The number of esters is 1. The maximum atomic E-state index is 11.9. The Kier molecular flexibility index (Phi) is 6.81. The van der Waals surface area contributed by atoms with Gasteiger partial charge in [0.15, 0.2) is 0 Å². The largest absolute Gasteiger partial charge is 0.461 e. The molecule has 1 aliphatic heterocycles. The molecule has 2 aromatic carbocycles. The zero-order chi connectivity index (χ0) is 25.3. The highest BCUT2D eigenvalue weighted by Crippen LogP contribution is 2.30. The summed E-state index contributed by atoms with van der Waals surface area (Å²) in [5, 5.41) is 2.39. The van der Waals surface area contributed by atoms with Crippen LogP contribution < -0.4 is 4.90 Å². The third-order valence-electron chi connectivity index (χ3n) is 6.62. The highest BCUT2D eigenvalue weighted by atomic mass is 32.1. The molecule has 0 bridgehead atoms. The van der Waals surface area contributed by atoms with Gasteiger partial charge in [-0.3, -0.25) is 4.90 Å². The Bertz CT molecular complexity index is 1340. The van der Waals surface area contributed by atoms with Gasteiger partial charge in [0.25, 0.3) is 0 Å². The van der Waals surface area contributed by atoms with E-state index in [1.165, 1.54) is 22.6 Å². The lowest BCUT2D eigenvalue weighted by molar-refractivity contribution is 0.0525. The summed E-state index contributed by atoms with van der Waals surface area (Å²) in [7, 11) is 0. The van der Waals surface area contributed by atoms with Crippen molar-refractivity contribution in [3.05, 3.63) is 64.1 Å². The third-order valence-corrected chi connectivity index (χ3v) is 7.49. The number of piperazine rings is 1. The van der Waals surface area contributed by atoms with Gasteiger partial charge in [0.2, 0.25) is 5.01 Å². The van der Waals surface area contributed by atoms with Gasteiger partial charge in [-0.05, 0) is 30.0 Å². The van der Waals surface area contributed by atoms with Gasteiger partial charge in [0.05, 0.1) is 29.0 Å². The number of nitrogens with one attached hydrogen (secondary N) is 1. The number of thiazole rings is 1. The molecule has 8 heteroatoms. The van der Waals surface area contributed by atoms with E-state index in [4.69, 9.17) is 9.72 Å². The van der Waals surface area contributed by atoms with E-state index in [0.717, 1.165) is 60.8 Å². The fourth-order valence-corrected chi connectivity index (χ4v) is 5.29. The fourth-order valence-electron chi connectivity index (χ4n) is 4.59. The zero-order valence-corrected chi connectivity index (χ0v) is 22.2. The highest BCUT2D eigenvalue weighted by molar-refractivity contribution is 7.11. The first-order chi connectivity index (χ1) is 17.3. The number of para-hydroxylation sites is 1. The van der Waals surface area contributed by atoms with E-state index < -0.39 is 0 Å². The molecule has 1 fully saturated rings. The maximum Gasteiger partial charge on any atom is 0.367 e. The summed E-state index contributed by atoms with van der Waals surface area (Å²) >= 11 is 1.35. The normalized spacial score (nSPS) is 14.9. The van der Waals surface area contributed by atoms with Gasteiger partial charge in [-0.15, -0.1) is 11.3 Å². The molecule has 4 aromatic rings. The van der Waals surface area contributed by atoms with Crippen molar-refractivity contribution in [1.29, 1.82) is 0 Å². The van der Waals surface area contributed by atoms with Crippen LogP contribution in [0.4, 0.5) is 5.69 Å². The summed E-state index contributed by atoms with van der Waals surface area (Å²) in [6, 6.07) is 15.0. The minimum absolute atomic E-state index is 0.129. The maximum absolute atomic E-state index is 11.9. The van der Waals surface area contributed by atoms with Gasteiger partial charge in [-0.1, -0.05) is 51.1 Å². The molecular weight excluding hydrogens is 470 g/mol. The first-order valence-corrected chi connectivity index (χ1v) is 13.4. The monoisotopic (exact) mass is 503 g/mol. The minimum Gasteiger partial charge on any atom is -0.461 e. The number of nitrogens with zero attached hydrogens (tertiary/aromatic N) is 4. The molecule has 0 spiro atoms. The van der Waals surface area contributed by atoms with Crippen molar-refractivity contribution < 1.29 is 9.53 Å². The van der Waals surface area contributed by atoms with Crippen molar-refractivity contribution in [2.45, 2.75) is 39.7 Å². The van der Waals surface area contributed by atoms with Crippen LogP contribution in [0.5, 0.6) is 0 Å². The lowest BCUT2D eigenvalue weighted by atomic mass is 9.87. The van der Waals surface area contributed by atoms with Crippen LogP contribution in [-0.2, 0) is 16.7 Å². The quantitative estimate of drug-likeness (QED) is 0.351. The average molecular weight is 504 g/mol. The molecule has 1 aliphatic rings. The number of imidazole rings is 1. The lowest BCUT2D eigenvalue weighted by Crippen LogP contribution is -2.46. The number of ether oxygens (including phenoxy) is 1. The SMILES string of the molecule is CCOC(=O)c1nc(CN2CCN(c3cccc4nc(-c5ccc(C(C)(C)C)cc5)[nH]c34)CC2)cs1. The van der Waals surface area contributed by atoms with E-state index in [1.54, 1.807) is 6.92 Å². The molecular formula is C28H33N5O2S. The molecule has 1 saturated heterocycles. The Morgan fingerprint density at radius 1 is 1.06 bits per heavy atom. The molecule has 0 atom stereocenters. The first kappa shape index (κ1) is 24.5. The molecule has 0 aliphatic carbocycles. The Labute approximate surface area is 216 Å². The molecule has 7 nitrogen and oxygen atoms in total. The Hall–Kier alpha value is -3.23. The van der Waals surface area contributed by atoms with Crippen LogP contribution in [0.3, 0.4) is 0 Å². The number of carbonyl (C=O) groups is 1. The molecule has 36 heavy (non-hydrogen) atoms. The van der Waals surface area contributed by atoms with Crippen LogP contribution in [0.25, 0.3) is 22.4 Å². The second-order valence-corrected chi connectivity index (χ2v) is 11.1. The van der Waals surface area contributed by atoms with Gasteiger partial charge in [0.1, 0.15) is 5.82 Å². The predicted octanol–water partition coefficient (Wildman–Crippen LogP) is 5.48. The summed E-state index contributed by atoms with van der Waals surface area (Å²) in [5.41, 5.74) is 6.73. The number of carbonyl (C=O) groups excluding carboxylic acids is 1. The highest BCUT2D eigenvalue weighted by Gasteiger charge is 2.22. The number of H-pyrrole nitrogens is 1. The topological polar surface area (TPSA) is 74.3 Å². The van der Waals surface area contributed by atoms with Gasteiger partial charge >= 0.3 is 5.97 Å². The summed E-state index contributed by atoms with van der Waals surface area (Å²) in [4.78, 5) is 29.7. The van der Waals surface area contributed by atoms with Crippen molar-refractivity contribution in [3.8, 4) is 11.4 Å². The van der Waals surface area contributed by atoms with Gasteiger partial charge in [-0.2, -0.15) is 0 Å². The number of hydrogen-bond donors (Lipinski definition) is 1. The van der Waals surface area contributed by atoms with E-state index in [2.05, 4.69) is 83.0 Å². The number of hydrogen-bond acceptors (Lipinski definition) is 7. The first-order valence-electron chi connectivity index (χ1n) is 12.5. The Morgan fingerprint density at radius 3 is 2.50 bits per heavy atom. The molecule has 3 heterocycles. The van der Waals surface area contributed by atoms with E-state index in [1.807, 2.05) is 5.38 Å².